The van der Waals surface area contributed by atoms with Crippen LogP contribution < -0.4 is 10.5 Å². The third-order valence-electron chi connectivity index (χ3n) is 8.60. The summed E-state index contributed by atoms with van der Waals surface area (Å²) in [7, 11) is 0. The molecule has 36 heavy (non-hydrogen) atoms. The van der Waals surface area contributed by atoms with Gasteiger partial charge in [-0.05, 0) is 36.1 Å². The van der Waals surface area contributed by atoms with Gasteiger partial charge in [-0.2, -0.15) is 0 Å². The summed E-state index contributed by atoms with van der Waals surface area (Å²) >= 11 is 0. The SMILES string of the molecule is C=CC(C)(C)[C@@]12c3ccccc3N(C(C)=O)[C@@H]1N1C(=O)[C@@H](C)n3c(nc4ccccc4c3=O)[C@H]1[C@@H]2O. The number of hydrogen-bond donors (Lipinski definition) is 1. The zero-order valence-electron chi connectivity index (χ0n) is 20.7. The number of hydrogen-bond acceptors (Lipinski definition) is 5. The molecule has 0 spiro atoms. The van der Waals surface area contributed by atoms with E-state index in [0.29, 0.717) is 22.4 Å². The van der Waals surface area contributed by atoms with Gasteiger partial charge in [0.15, 0.2) is 0 Å². The topological polar surface area (TPSA) is 95.7 Å². The normalized spacial score (nSPS) is 28.5. The standard InChI is InChI=1S/C28H28N4O4/c1-6-27(4,5)28-18-12-8-10-14-20(18)31(16(3)33)26(28)32-21(22(28)34)23-29-19-13-9-7-11-17(19)25(36)30(23)15(2)24(32)35/h6-15,21-22,26,34H,1H2,2-5H3/t15-,21-,22+,26-,28-/m1/s1. The minimum atomic E-state index is -1.17. The summed E-state index contributed by atoms with van der Waals surface area (Å²) in [5.41, 5.74) is -0.235. The van der Waals surface area contributed by atoms with Gasteiger partial charge in [0, 0.05) is 12.6 Å². The summed E-state index contributed by atoms with van der Waals surface area (Å²) in [4.78, 5) is 48.8. The highest BCUT2D eigenvalue weighted by molar-refractivity contribution is 5.98. The summed E-state index contributed by atoms with van der Waals surface area (Å²) in [5.74, 6) is -0.249. The predicted octanol–water partition coefficient (Wildman–Crippen LogP) is 3.06. The van der Waals surface area contributed by atoms with E-state index in [9.17, 15) is 19.5 Å². The lowest BCUT2D eigenvalue weighted by molar-refractivity contribution is -0.142. The van der Waals surface area contributed by atoms with Gasteiger partial charge in [0.1, 0.15) is 24.1 Å². The molecule has 0 unspecified atom stereocenters. The van der Waals surface area contributed by atoms with Crippen molar-refractivity contribution in [1.29, 1.82) is 0 Å². The van der Waals surface area contributed by atoms with E-state index in [4.69, 9.17) is 4.98 Å². The number of aliphatic hydroxyl groups is 1. The summed E-state index contributed by atoms with van der Waals surface area (Å²) in [5, 5.41) is 12.8. The Kier molecular flexibility index (Phi) is 4.49. The fourth-order valence-corrected chi connectivity index (χ4v) is 6.88. The molecule has 1 saturated heterocycles. The molecule has 0 bridgehead atoms. The first-order valence-corrected chi connectivity index (χ1v) is 12.1. The zero-order valence-corrected chi connectivity index (χ0v) is 20.7. The van der Waals surface area contributed by atoms with Crippen LogP contribution in [0.5, 0.6) is 0 Å². The van der Waals surface area contributed by atoms with Crippen molar-refractivity contribution >= 4 is 28.4 Å². The molecular formula is C28H28N4O4. The van der Waals surface area contributed by atoms with Gasteiger partial charge < -0.3 is 10.0 Å². The molecule has 6 rings (SSSR count). The van der Waals surface area contributed by atoms with Crippen LogP contribution in [0.1, 0.15) is 51.2 Å². The van der Waals surface area contributed by atoms with E-state index in [1.165, 1.54) is 11.5 Å². The maximum atomic E-state index is 14.1. The largest absolute Gasteiger partial charge is 0.389 e. The number of allylic oxidation sites excluding steroid dienone is 1. The van der Waals surface area contributed by atoms with Crippen LogP contribution in [-0.4, -0.2) is 43.6 Å². The molecule has 0 saturated carbocycles. The zero-order chi connectivity index (χ0) is 25.7. The molecule has 3 aliphatic rings. The number of carbonyl (C=O) groups excluding carboxylic acids is 2. The number of para-hydroxylation sites is 2. The molecule has 3 aromatic rings. The Morgan fingerprint density at radius 1 is 1.14 bits per heavy atom. The van der Waals surface area contributed by atoms with Gasteiger partial charge in [-0.1, -0.05) is 50.3 Å². The van der Waals surface area contributed by atoms with Crippen molar-refractivity contribution in [2.45, 2.75) is 57.5 Å². The second-order valence-electron chi connectivity index (χ2n) is 10.5. The number of amides is 2. The van der Waals surface area contributed by atoms with Crippen LogP contribution in [0.3, 0.4) is 0 Å². The van der Waals surface area contributed by atoms with Gasteiger partial charge in [-0.15, -0.1) is 6.58 Å². The number of aromatic nitrogens is 2. The van der Waals surface area contributed by atoms with Gasteiger partial charge >= 0.3 is 0 Å². The minimum absolute atomic E-state index is 0.239. The Balaban J connectivity index is 1.73. The van der Waals surface area contributed by atoms with Crippen LogP contribution in [0.25, 0.3) is 10.9 Å². The smallest absolute Gasteiger partial charge is 0.262 e. The monoisotopic (exact) mass is 484 g/mol. The number of nitrogens with zero attached hydrogens (tertiary/aromatic N) is 4. The van der Waals surface area contributed by atoms with Crippen molar-refractivity contribution in [2.24, 2.45) is 5.41 Å². The third-order valence-corrected chi connectivity index (χ3v) is 8.60. The highest BCUT2D eigenvalue weighted by Gasteiger charge is 2.74. The quantitative estimate of drug-likeness (QED) is 0.564. The van der Waals surface area contributed by atoms with Crippen molar-refractivity contribution in [3.63, 3.8) is 0 Å². The average molecular weight is 485 g/mol. The molecule has 3 aliphatic heterocycles. The van der Waals surface area contributed by atoms with Crippen molar-refractivity contribution < 1.29 is 14.7 Å². The lowest BCUT2D eigenvalue weighted by atomic mass is 9.58. The lowest BCUT2D eigenvalue weighted by Gasteiger charge is -2.46. The molecule has 0 radical (unpaired) electrons. The third kappa shape index (κ3) is 2.38. The summed E-state index contributed by atoms with van der Waals surface area (Å²) in [6.07, 6.45) is -0.207. The molecule has 184 valence electrons. The first kappa shape index (κ1) is 22.7. The van der Waals surface area contributed by atoms with Crippen molar-refractivity contribution in [2.75, 3.05) is 4.90 Å². The minimum Gasteiger partial charge on any atom is -0.389 e. The molecule has 4 heterocycles. The Morgan fingerprint density at radius 3 is 2.50 bits per heavy atom. The molecule has 2 amide bonds. The van der Waals surface area contributed by atoms with Gasteiger partial charge in [0.2, 0.25) is 11.8 Å². The van der Waals surface area contributed by atoms with Crippen LogP contribution in [-0.2, 0) is 15.0 Å². The Morgan fingerprint density at radius 2 is 1.81 bits per heavy atom. The summed E-state index contributed by atoms with van der Waals surface area (Å²) in [6.45, 7) is 11.1. The predicted molar refractivity (Wildman–Crippen MR) is 135 cm³/mol. The summed E-state index contributed by atoms with van der Waals surface area (Å²) < 4.78 is 1.41. The van der Waals surface area contributed by atoms with E-state index in [-0.39, 0.29) is 17.4 Å². The van der Waals surface area contributed by atoms with Crippen LogP contribution in [0.15, 0.2) is 66.0 Å². The summed E-state index contributed by atoms with van der Waals surface area (Å²) in [6, 6.07) is 12.7. The maximum absolute atomic E-state index is 14.1. The first-order valence-electron chi connectivity index (χ1n) is 12.1. The highest BCUT2D eigenvalue weighted by Crippen LogP contribution is 2.65. The highest BCUT2D eigenvalue weighted by atomic mass is 16.3. The van der Waals surface area contributed by atoms with E-state index < -0.39 is 35.2 Å². The van der Waals surface area contributed by atoms with Crippen LogP contribution in [0.4, 0.5) is 5.69 Å². The lowest BCUT2D eigenvalue weighted by Crippen LogP contribution is -2.60. The number of fused-ring (bicyclic) bond motifs is 8. The maximum Gasteiger partial charge on any atom is 0.262 e. The number of benzene rings is 2. The number of rotatable bonds is 2. The fourth-order valence-electron chi connectivity index (χ4n) is 6.88. The Hall–Kier alpha value is -3.78. The van der Waals surface area contributed by atoms with Crippen molar-refractivity contribution in [1.82, 2.24) is 14.5 Å². The molecule has 1 aromatic heterocycles. The van der Waals surface area contributed by atoms with Crippen LogP contribution >= 0.6 is 0 Å². The van der Waals surface area contributed by atoms with Crippen molar-refractivity contribution in [3.05, 3.63) is 82.9 Å². The molecule has 1 fully saturated rings. The van der Waals surface area contributed by atoms with E-state index in [1.807, 2.05) is 38.1 Å². The van der Waals surface area contributed by atoms with Gasteiger partial charge in [0.25, 0.3) is 5.56 Å². The van der Waals surface area contributed by atoms with Gasteiger partial charge in [-0.25, -0.2) is 4.98 Å². The van der Waals surface area contributed by atoms with E-state index in [2.05, 4.69) is 6.58 Å². The molecule has 1 N–H and O–H groups in total. The average Bonchev–Trinajstić information content (AvgIpc) is 3.32. The Bertz CT molecular complexity index is 1540. The number of aliphatic hydroxyl groups excluding tert-OH is 1. The first-order chi connectivity index (χ1) is 17.1. The second-order valence-corrected chi connectivity index (χ2v) is 10.5. The van der Waals surface area contributed by atoms with Gasteiger partial charge in [-0.3, -0.25) is 23.9 Å². The van der Waals surface area contributed by atoms with Gasteiger partial charge in [0.05, 0.1) is 22.4 Å². The molecular weight excluding hydrogens is 456 g/mol. The van der Waals surface area contributed by atoms with Crippen molar-refractivity contribution in [3.8, 4) is 0 Å². The van der Waals surface area contributed by atoms with Crippen LogP contribution in [0, 0.1) is 5.41 Å². The molecule has 8 heteroatoms. The molecule has 5 atom stereocenters. The van der Waals surface area contributed by atoms with Crippen LogP contribution in [0.2, 0.25) is 0 Å². The number of carbonyl (C=O) groups is 2. The molecule has 2 aromatic carbocycles. The number of anilines is 1. The fraction of sp³-hybridized carbons (Fsp3) is 0.357. The second kappa shape index (κ2) is 7.13. The molecule has 8 nitrogen and oxygen atoms in total. The molecule has 0 aliphatic carbocycles. The Labute approximate surface area is 208 Å². The van der Waals surface area contributed by atoms with E-state index in [1.54, 1.807) is 47.1 Å². The van der Waals surface area contributed by atoms with E-state index in [0.717, 1.165) is 5.56 Å². The van der Waals surface area contributed by atoms with E-state index >= 15 is 0 Å².